The average Bonchev–Trinajstić information content (AvgIpc) is 3.49. The Bertz CT molecular complexity index is 1880. The zero-order chi connectivity index (χ0) is 32.5. The van der Waals surface area contributed by atoms with Crippen LogP contribution in [0.5, 0.6) is 0 Å². The van der Waals surface area contributed by atoms with Gasteiger partial charge in [-0.2, -0.15) is 0 Å². The minimum Gasteiger partial charge on any atom is -0.481 e. The molecule has 6 rings (SSSR count). The number of hydrogen-bond acceptors (Lipinski definition) is 8. The molecule has 2 amide bonds. The van der Waals surface area contributed by atoms with Gasteiger partial charge in [-0.3, -0.25) is 19.2 Å². The van der Waals surface area contributed by atoms with Crippen LogP contribution < -0.4 is 21.9 Å². The Labute approximate surface area is 270 Å². The van der Waals surface area contributed by atoms with Crippen LogP contribution in [0.2, 0.25) is 0 Å². The van der Waals surface area contributed by atoms with Crippen LogP contribution in [-0.4, -0.2) is 50.4 Å². The number of piperidine rings is 1. The third-order valence-electron chi connectivity index (χ3n) is 8.83. The molecule has 46 heavy (non-hydrogen) atoms. The molecule has 0 atom stereocenters. The highest BCUT2D eigenvalue weighted by Crippen LogP contribution is 2.32. The van der Waals surface area contributed by atoms with Gasteiger partial charge < -0.3 is 30.9 Å². The van der Waals surface area contributed by atoms with Crippen molar-refractivity contribution in [1.29, 1.82) is 0 Å². The van der Waals surface area contributed by atoms with Gasteiger partial charge in [-0.1, -0.05) is 12.1 Å². The molecular formula is C34H36N6O5S. The summed E-state index contributed by atoms with van der Waals surface area (Å²) in [6.45, 7) is 2.61. The van der Waals surface area contributed by atoms with Crippen molar-refractivity contribution in [3.8, 4) is 11.3 Å². The van der Waals surface area contributed by atoms with E-state index in [2.05, 4.69) is 15.6 Å². The van der Waals surface area contributed by atoms with Crippen molar-refractivity contribution in [2.24, 2.45) is 13.0 Å². The average molecular weight is 641 g/mol. The molecule has 1 fully saturated rings. The largest absolute Gasteiger partial charge is 0.481 e. The molecule has 0 radical (unpaired) electrons. The van der Waals surface area contributed by atoms with Gasteiger partial charge in [0.25, 0.3) is 17.4 Å². The number of rotatable bonds is 7. The van der Waals surface area contributed by atoms with E-state index in [0.29, 0.717) is 53.4 Å². The summed E-state index contributed by atoms with van der Waals surface area (Å²) in [4.78, 5) is 58.9. The number of aryl methyl sites for hydroxylation is 3. The summed E-state index contributed by atoms with van der Waals surface area (Å²) in [6.07, 6.45) is 6.82. The number of benzene rings is 2. The van der Waals surface area contributed by atoms with Crippen molar-refractivity contribution < 1.29 is 19.5 Å². The lowest BCUT2D eigenvalue weighted by Gasteiger charge is -2.30. The zero-order valence-corrected chi connectivity index (χ0v) is 26.6. The van der Waals surface area contributed by atoms with Crippen LogP contribution in [0.15, 0.2) is 53.5 Å². The Balaban J connectivity index is 1.20. The van der Waals surface area contributed by atoms with Gasteiger partial charge in [0.15, 0.2) is 5.82 Å². The maximum absolute atomic E-state index is 13.2. The van der Waals surface area contributed by atoms with Gasteiger partial charge in [0.05, 0.1) is 22.1 Å². The predicted molar refractivity (Wildman–Crippen MR) is 179 cm³/mol. The number of amides is 2. The fourth-order valence-electron chi connectivity index (χ4n) is 6.12. The lowest BCUT2D eigenvalue weighted by Crippen LogP contribution is -2.40. The Morgan fingerprint density at radius 2 is 1.83 bits per heavy atom. The molecule has 4 aromatic rings. The van der Waals surface area contributed by atoms with E-state index in [1.807, 2.05) is 31.2 Å². The second-order valence-electron chi connectivity index (χ2n) is 11.9. The molecule has 12 heteroatoms. The van der Waals surface area contributed by atoms with E-state index >= 15 is 0 Å². The second kappa shape index (κ2) is 12.8. The standard InChI is InChI=1S/C34H36N6O5S/c1-19-23(7-5-8-26(19)38-31(41)29-16-21-6-3-4-9-28(21)46-29)27-18-39(2)33(43)30(37-27)36-22-10-11-24(25(35)17-22)32(42)40-14-12-20(13-15-40)34(44)45/h5,7-8,10-11,16-18,20H,3-4,6,9,12-15,35H2,1-2H3,(H,36,37)(H,38,41)(H,44,45). The number of anilines is 4. The topological polar surface area (TPSA) is 160 Å². The van der Waals surface area contributed by atoms with Crippen LogP contribution in [0, 0.1) is 12.8 Å². The van der Waals surface area contributed by atoms with Crippen LogP contribution >= 0.6 is 11.3 Å². The molecule has 0 unspecified atom stereocenters. The minimum atomic E-state index is -0.840. The van der Waals surface area contributed by atoms with E-state index in [1.165, 1.54) is 15.0 Å². The number of carbonyl (C=O) groups excluding carboxylic acids is 2. The summed E-state index contributed by atoms with van der Waals surface area (Å²) >= 11 is 1.57. The SMILES string of the molecule is Cc1c(NC(=O)c2cc3c(s2)CCCC3)cccc1-c1cn(C)c(=O)c(Nc2ccc(C(=O)N3CCC(C(=O)O)CC3)c(N)c2)n1. The van der Waals surface area contributed by atoms with Crippen LogP contribution in [0.3, 0.4) is 0 Å². The predicted octanol–water partition coefficient (Wildman–Crippen LogP) is 5.21. The minimum absolute atomic E-state index is 0.0761. The van der Waals surface area contributed by atoms with E-state index < -0.39 is 11.9 Å². The number of fused-ring (bicyclic) bond motifs is 1. The smallest absolute Gasteiger partial charge is 0.306 e. The van der Waals surface area contributed by atoms with Gasteiger partial charge in [-0.15, -0.1) is 11.3 Å². The highest BCUT2D eigenvalue weighted by atomic mass is 32.1. The number of carbonyl (C=O) groups is 3. The van der Waals surface area contributed by atoms with Gasteiger partial charge in [-0.05, 0) is 86.9 Å². The molecule has 0 spiro atoms. The Kier molecular flexibility index (Phi) is 8.63. The van der Waals surface area contributed by atoms with Gasteiger partial charge >= 0.3 is 5.97 Å². The first-order valence-corrected chi connectivity index (χ1v) is 16.2. The number of aromatic nitrogens is 2. The highest BCUT2D eigenvalue weighted by molar-refractivity contribution is 7.14. The molecule has 1 saturated heterocycles. The number of carboxylic acid groups (broad SMARTS) is 1. The summed E-state index contributed by atoms with van der Waals surface area (Å²) in [7, 11) is 1.64. The number of aliphatic carboxylic acids is 1. The first-order chi connectivity index (χ1) is 22.1. The number of carboxylic acids is 1. The van der Waals surface area contributed by atoms with Crippen molar-refractivity contribution in [3.05, 3.63) is 85.5 Å². The lowest BCUT2D eigenvalue weighted by molar-refractivity contribution is -0.143. The Morgan fingerprint density at radius 1 is 1.07 bits per heavy atom. The van der Waals surface area contributed by atoms with Crippen molar-refractivity contribution in [1.82, 2.24) is 14.5 Å². The molecule has 5 N–H and O–H groups in total. The number of likely N-dealkylation sites (tertiary alicyclic amines) is 1. The van der Waals surface area contributed by atoms with E-state index in [-0.39, 0.29) is 28.9 Å². The Morgan fingerprint density at radius 3 is 2.54 bits per heavy atom. The molecule has 1 aliphatic heterocycles. The van der Waals surface area contributed by atoms with Gasteiger partial charge in [-0.25, -0.2) is 4.98 Å². The van der Waals surface area contributed by atoms with Gasteiger partial charge in [0.1, 0.15) is 0 Å². The number of thiophene rings is 1. The van der Waals surface area contributed by atoms with Crippen LogP contribution in [-0.2, 0) is 24.7 Å². The molecule has 11 nitrogen and oxygen atoms in total. The fraction of sp³-hybridized carbons (Fsp3) is 0.324. The van der Waals surface area contributed by atoms with Gasteiger partial charge in [0, 0.05) is 53.8 Å². The number of hydrogen-bond donors (Lipinski definition) is 4. The van der Waals surface area contributed by atoms with Crippen molar-refractivity contribution in [2.45, 2.75) is 45.4 Å². The first kappa shape index (κ1) is 31.0. The third-order valence-corrected chi connectivity index (χ3v) is 10.1. The van der Waals surface area contributed by atoms with Gasteiger partial charge in [0.2, 0.25) is 0 Å². The van der Waals surface area contributed by atoms with Crippen LogP contribution in [0.4, 0.5) is 22.9 Å². The summed E-state index contributed by atoms with van der Waals surface area (Å²) in [5.74, 6) is -1.61. The van der Waals surface area contributed by atoms with Crippen molar-refractivity contribution in [2.75, 3.05) is 29.5 Å². The Hall–Kier alpha value is -4.97. The quantitative estimate of drug-likeness (QED) is 0.200. The normalized spacial score (nSPS) is 14.9. The van der Waals surface area contributed by atoms with Crippen LogP contribution in [0.1, 0.15) is 61.7 Å². The third kappa shape index (κ3) is 6.25. The number of nitrogens with one attached hydrogen (secondary N) is 2. The van der Waals surface area contributed by atoms with E-state index in [1.54, 1.807) is 47.7 Å². The number of nitrogens with two attached hydrogens (primary N) is 1. The molecule has 2 aromatic heterocycles. The summed E-state index contributed by atoms with van der Waals surface area (Å²) in [5.41, 5.74) is 11.0. The molecule has 2 aromatic carbocycles. The first-order valence-electron chi connectivity index (χ1n) is 15.4. The van der Waals surface area contributed by atoms with Crippen LogP contribution in [0.25, 0.3) is 11.3 Å². The monoisotopic (exact) mass is 640 g/mol. The molecule has 0 saturated carbocycles. The molecule has 3 heterocycles. The highest BCUT2D eigenvalue weighted by Gasteiger charge is 2.28. The molecular weight excluding hydrogens is 604 g/mol. The van der Waals surface area contributed by atoms with E-state index in [9.17, 15) is 24.3 Å². The molecule has 2 aliphatic rings. The fourth-order valence-corrected chi connectivity index (χ4v) is 7.27. The van der Waals surface area contributed by atoms with Crippen molar-refractivity contribution >= 4 is 52.0 Å². The summed E-state index contributed by atoms with van der Waals surface area (Å²) < 4.78 is 1.44. The molecule has 238 valence electrons. The summed E-state index contributed by atoms with van der Waals surface area (Å²) in [5, 5.41) is 15.4. The number of nitrogens with zero attached hydrogens (tertiary/aromatic N) is 3. The molecule has 1 aliphatic carbocycles. The maximum atomic E-state index is 13.2. The molecule has 0 bridgehead atoms. The zero-order valence-electron chi connectivity index (χ0n) is 25.8. The maximum Gasteiger partial charge on any atom is 0.306 e. The van der Waals surface area contributed by atoms with E-state index in [0.717, 1.165) is 36.8 Å². The summed E-state index contributed by atoms with van der Waals surface area (Å²) in [6, 6.07) is 12.4. The second-order valence-corrected chi connectivity index (χ2v) is 13.1. The van der Waals surface area contributed by atoms with E-state index in [4.69, 9.17) is 5.73 Å². The lowest BCUT2D eigenvalue weighted by atomic mass is 9.96. The number of nitrogen functional groups attached to an aromatic ring is 1. The van der Waals surface area contributed by atoms with Crippen molar-refractivity contribution in [3.63, 3.8) is 0 Å².